The molecule has 9 heteroatoms. The highest BCUT2D eigenvalue weighted by Crippen LogP contribution is 2.39. The molecule has 0 radical (unpaired) electrons. The molecule has 2 aliphatic rings. The van der Waals surface area contributed by atoms with Crippen LogP contribution in [0, 0.1) is 0 Å². The lowest BCUT2D eigenvalue weighted by molar-refractivity contribution is -0.117. The summed E-state index contributed by atoms with van der Waals surface area (Å²) in [5, 5.41) is 4.43. The van der Waals surface area contributed by atoms with Gasteiger partial charge in [0.15, 0.2) is 0 Å². The fourth-order valence-corrected chi connectivity index (χ4v) is 3.91. The number of amides is 2. The van der Waals surface area contributed by atoms with Crippen LogP contribution in [-0.2, 0) is 16.1 Å². The van der Waals surface area contributed by atoms with Crippen molar-refractivity contribution in [1.82, 2.24) is 9.78 Å². The largest absolute Gasteiger partial charge is 0.446 e. The quantitative estimate of drug-likeness (QED) is 0.757. The average molecular weight is 422 g/mol. The molecule has 31 heavy (non-hydrogen) atoms. The summed E-state index contributed by atoms with van der Waals surface area (Å²) < 4.78 is 7.27. The third-order valence-electron chi connectivity index (χ3n) is 5.22. The van der Waals surface area contributed by atoms with Crippen molar-refractivity contribution in [2.45, 2.75) is 46.4 Å². The molecule has 0 N–H and O–H groups in total. The van der Waals surface area contributed by atoms with E-state index in [1.165, 1.54) is 6.92 Å². The minimum atomic E-state index is -0.418. The highest BCUT2D eigenvalue weighted by atomic mass is 16.6. The lowest BCUT2D eigenvalue weighted by Crippen LogP contribution is -2.51. The van der Waals surface area contributed by atoms with Gasteiger partial charge in [0.25, 0.3) is 0 Å². The Morgan fingerprint density at radius 2 is 2.03 bits per heavy atom. The highest BCUT2D eigenvalue weighted by molar-refractivity contribution is 6.03. The standard InChI is InChI=1S/C22H26N6O3/c1-14(2)31-22(30)27-10-15(3)28(16(4)29)20-6-5-17(7-21(20)27)18-8-25-26(11-18)12-19-9-23-13-24-19/h5-8,11,13-15H,9-10,12H2,1-4H3/t15-/m0/s1. The van der Waals surface area contributed by atoms with E-state index >= 15 is 0 Å². The molecule has 1 atom stereocenters. The molecule has 0 fully saturated rings. The maximum absolute atomic E-state index is 12.8. The number of carbonyl (C=O) groups excluding carboxylic acids is 2. The Balaban J connectivity index is 1.68. The third kappa shape index (κ3) is 4.21. The number of benzene rings is 1. The molecule has 0 saturated carbocycles. The second kappa shape index (κ2) is 8.33. The molecule has 0 spiro atoms. The number of nitrogens with zero attached hydrogens (tertiary/aromatic N) is 6. The Morgan fingerprint density at radius 1 is 1.23 bits per heavy atom. The lowest BCUT2D eigenvalue weighted by atomic mass is 10.0. The normalized spacial score (nSPS) is 17.7. The van der Waals surface area contributed by atoms with E-state index in [0.29, 0.717) is 31.0 Å². The molecule has 2 amide bonds. The number of anilines is 2. The Morgan fingerprint density at radius 3 is 2.71 bits per heavy atom. The van der Waals surface area contributed by atoms with Crippen LogP contribution in [0.25, 0.3) is 11.1 Å². The maximum atomic E-state index is 12.8. The summed E-state index contributed by atoms with van der Waals surface area (Å²) >= 11 is 0. The van der Waals surface area contributed by atoms with Crippen LogP contribution in [0.4, 0.5) is 16.2 Å². The Bertz CT molecular complexity index is 1070. The van der Waals surface area contributed by atoms with E-state index in [4.69, 9.17) is 4.74 Å². The number of hydrogen-bond acceptors (Lipinski definition) is 6. The van der Waals surface area contributed by atoms with Crippen LogP contribution < -0.4 is 9.80 Å². The topological polar surface area (TPSA) is 92.4 Å². The average Bonchev–Trinajstić information content (AvgIpc) is 3.38. The zero-order valence-corrected chi connectivity index (χ0v) is 18.1. The molecule has 2 aromatic rings. The van der Waals surface area contributed by atoms with Crippen LogP contribution in [0.1, 0.15) is 27.7 Å². The van der Waals surface area contributed by atoms with Gasteiger partial charge < -0.3 is 9.64 Å². The zero-order valence-electron chi connectivity index (χ0n) is 18.1. The third-order valence-corrected chi connectivity index (χ3v) is 5.22. The van der Waals surface area contributed by atoms with Crippen molar-refractivity contribution in [3.05, 3.63) is 30.6 Å². The number of rotatable bonds is 4. The predicted molar refractivity (Wildman–Crippen MR) is 120 cm³/mol. The van der Waals surface area contributed by atoms with E-state index in [1.807, 2.05) is 49.8 Å². The smallest absolute Gasteiger partial charge is 0.414 e. The minimum Gasteiger partial charge on any atom is -0.446 e. The minimum absolute atomic E-state index is 0.0641. The van der Waals surface area contributed by atoms with E-state index < -0.39 is 6.09 Å². The summed E-state index contributed by atoms with van der Waals surface area (Å²) in [6, 6.07) is 5.57. The molecule has 0 bridgehead atoms. The summed E-state index contributed by atoms with van der Waals surface area (Å²) in [4.78, 5) is 36.8. The first-order valence-electron chi connectivity index (χ1n) is 10.3. The summed E-state index contributed by atoms with van der Waals surface area (Å²) in [6.07, 6.45) is 4.63. The second-order valence-corrected chi connectivity index (χ2v) is 8.06. The fraction of sp³-hybridized carbons (Fsp3) is 0.409. The van der Waals surface area contributed by atoms with Crippen molar-refractivity contribution in [3.63, 3.8) is 0 Å². The van der Waals surface area contributed by atoms with Crippen LogP contribution in [0.5, 0.6) is 0 Å². The summed E-state index contributed by atoms with van der Waals surface area (Å²) in [7, 11) is 0. The molecule has 0 aliphatic carbocycles. The van der Waals surface area contributed by atoms with E-state index in [1.54, 1.807) is 22.3 Å². The Hall–Kier alpha value is -3.49. The van der Waals surface area contributed by atoms with Crippen molar-refractivity contribution in [1.29, 1.82) is 0 Å². The Labute approximate surface area is 181 Å². The molecule has 4 rings (SSSR count). The predicted octanol–water partition coefficient (Wildman–Crippen LogP) is 3.14. The van der Waals surface area contributed by atoms with Gasteiger partial charge in [0, 0.05) is 25.2 Å². The van der Waals surface area contributed by atoms with Gasteiger partial charge in [-0.1, -0.05) is 6.07 Å². The first-order chi connectivity index (χ1) is 14.8. The molecular formula is C22H26N6O3. The number of fused-ring (bicyclic) bond motifs is 1. The van der Waals surface area contributed by atoms with E-state index in [9.17, 15) is 9.59 Å². The molecule has 1 aromatic heterocycles. The number of ether oxygens (including phenoxy) is 1. The number of carbonyl (C=O) groups is 2. The summed E-state index contributed by atoms with van der Waals surface area (Å²) in [6.45, 7) is 8.63. The van der Waals surface area contributed by atoms with Gasteiger partial charge in [0.05, 0.1) is 48.5 Å². The lowest BCUT2D eigenvalue weighted by Gasteiger charge is -2.40. The molecule has 1 aromatic carbocycles. The number of aliphatic imine (C=N–C) groups is 2. The van der Waals surface area contributed by atoms with Crippen LogP contribution in [0.2, 0.25) is 0 Å². The molecule has 162 valence electrons. The summed E-state index contributed by atoms with van der Waals surface area (Å²) in [5.41, 5.74) is 4.11. The van der Waals surface area contributed by atoms with Gasteiger partial charge in [-0.05, 0) is 38.5 Å². The van der Waals surface area contributed by atoms with E-state index in [2.05, 4.69) is 15.1 Å². The van der Waals surface area contributed by atoms with Crippen LogP contribution >= 0.6 is 0 Å². The van der Waals surface area contributed by atoms with Gasteiger partial charge in [-0.2, -0.15) is 5.10 Å². The molecular weight excluding hydrogens is 396 g/mol. The van der Waals surface area contributed by atoms with Gasteiger partial charge in [-0.25, -0.2) is 9.79 Å². The van der Waals surface area contributed by atoms with Gasteiger partial charge in [-0.15, -0.1) is 0 Å². The first kappa shape index (κ1) is 20.8. The van der Waals surface area contributed by atoms with E-state index in [0.717, 1.165) is 16.8 Å². The summed E-state index contributed by atoms with van der Waals surface area (Å²) in [5.74, 6) is -0.0641. The van der Waals surface area contributed by atoms with Crippen LogP contribution in [0.15, 0.2) is 40.6 Å². The molecule has 0 saturated heterocycles. The van der Waals surface area contributed by atoms with Gasteiger partial charge in [0.2, 0.25) is 5.91 Å². The second-order valence-electron chi connectivity index (χ2n) is 8.06. The maximum Gasteiger partial charge on any atom is 0.414 e. The van der Waals surface area contributed by atoms with Crippen molar-refractivity contribution < 1.29 is 14.3 Å². The monoisotopic (exact) mass is 422 g/mol. The molecule has 3 heterocycles. The van der Waals surface area contributed by atoms with Crippen molar-refractivity contribution in [2.75, 3.05) is 22.9 Å². The van der Waals surface area contributed by atoms with Crippen molar-refractivity contribution in [3.8, 4) is 11.1 Å². The van der Waals surface area contributed by atoms with Gasteiger partial charge in [0.1, 0.15) is 6.34 Å². The SMILES string of the molecule is CC(=O)N1c2ccc(-c3cnn(CC4=NC=NC4)c3)cc2N(C(=O)OC(C)C)C[C@@H]1C. The van der Waals surface area contributed by atoms with Crippen LogP contribution in [0.3, 0.4) is 0 Å². The van der Waals surface area contributed by atoms with Crippen molar-refractivity contribution in [2.24, 2.45) is 9.98 Å². The molecule has 2 aliphatic heterocycles. The number of aromatic nitrogens is 2. The van der Waals surface area contributed by atoms with Gasteiger partial charge >= 0.3 is 6.09 Å². The van der Waals surface area contributed by atoms with Crippen molar-refractivity contribution >= 4 is 35.4 Å². The molecule has 9 nitrogen and oxygen atoms in total. The van der Waals surface area contributed by atoms with Gasteiger partial charge in [-0.3, -0.25) is 19.4 Å². The molecule has 0 unspecified atom stereocenters. The first-order valence-corrected chi connectivity index (χ1v) is 10.3. The fourth-order valence-electron chi connectivity index (χ4n) is 3.91. The van der Waals surface area contributed by atoms with E-state index in [-0.39, 0.29) is 18.1 Å². The Kier molecular flexibility index (Phi) is 5.58. The number of hydrogen-bond donors (Lipinski definition) is 0. The highest BCUT2D eigenvalue weighted by Gasteiger charge is 2.34. The van der Waals surface area contributed by atoms with Crippen LogP contribution in [-0.4, -0.2) is 59.1 Å². The zero-order chi connectivity index (χ0) is 22.1.